The van der Waals surface area contributed by atoms with Gasteiger partial charge in [-0.15, -0.1) is 0 Å². The van der Waals surface area contributed by atoms with E-state index in [-0.39, 0.29) is 0 Å². The van der Waals surface area contributed by atoms with E-state index in [1.54, 1.807) is 0 Å². The van der Waals surface area contributed by atoms with Crippen LogP contribution in [0.4, 0.5) is 0 Å². The fourth-order valence-corrected chi connectivity index (χ4v) is 2.41. The molecule has 0 saturated heterocycles. The van der Waals surface area contributed by atoms with Crippen LogP contribution in [0.15, 0.2) is 30.3 Å². The molecule has 0 heterocycles. The Bertz CT molecular complexity index is 268. The van der Waals surface area contributed by atoms with Gasteiger partial charge in [0, 0.05) is 6.04 Å². The molecule has 0 aliphatic heterocycles. The molecule has 1 fully saturated rings. The predicted octanol–water partition coefficient (Wildman–Crippen LogP) is 2.75. The summed E-state index contributed by atoms with van der Waals surface area (Å²) in [6, 6.07) is 11.2. The summed E-state index contributed by atoms with van der Waals surface area (Å²) in [5, 5.41) is 0. The molecule has 0 aromatic heterocycles. The van der Waals surface area contributed by atoms with Gasteiger partial charge < -0.3 is 5.73 Å². The van der Waals surface area contributed by atoms with Crippen molar-refractivity contribution >= 4 is 0 Å². The van der Waals surface area contributed by atoms with Crippen LogP contribution in [-0.4, -0.2) is 6.04 Å². The molecule has 0 spiro atoms. The van der Waals surface area contributed by atoms with Gasteiger partial charge in [-0.25, -0.2) is 0 Å². The Morgan fingerprint density at radius 1 is 1.07 bits per heavy atom. The van der Waals surface area contributed by atoms with Gasteiger partial charge in [0.15, 0.2) is 0 Å². The van der Waals surface area contributed by atoms with E-state index in [0.717, 1.165) is 0 Å². The Hall–Kier alpha value is -0.820. The van der Waals surface area contributed by atoms with Crippen LogP contribution < -0.4 is 5.73 Å². The van der Waals surface area contributed by atoms with E-state index in [2.05, 4.69) is 30.3 Å². The second-order valence-corrected chi connectivity index (χ2v) is 4.40. The van der Waals surface area contributed by atoms with Crippen LogP contribution in [0.2, 0.25) is 0 Å². The first kappa shape index (κ1) is 9.72. The molecular weight excluding hydrogens is 170 g/mol. The van der Waals surface area contributed by atoms with Crippen molar-refractivity contribution in [1.82, 2.24) is 0 Å². The van der Waals surface area contributed by atoms with Crippen molar-refractivity contribution in [3.8, 4) is 0 Å². The minimum Gasteiger partial charge on any atom is -0.327 e. The summed E-state index contributed by atoms with van der Waals surface area (Å²) >= 11 is 0. The number of benzene rings is 1. The average Bonchev–Trinajstić information content (AvgIpc) is 2.23. The van der Waals surface area contributed by atoms with E-state index in [4.69, 9.17) is 5.73 Å². The van der Waals surface area contributed by atoms with Gasteiger partial charge in [0.2, 0.25) is 0 Å². The predicted molar refractivity (Wildman–Crippen MR) is 60.1 cm³/mol. The summed E-state index contributed by atoms with van der Waals surface area (Å²) in [4.78, 5) is 0. The Labute approximate surface area is 86.3 Å². The molecule has 1 heteroatoms. The van der Waals surface area contributed by atoms with Crippen LogP contribution in [0.3, 0.4) is 0 Å². The van der Waals surface area contributed by atoms with Crippen molar-refractivity contribution in [3.05, 3.63) is 35.9 Å². The minimum absolute atomic E-state index is 0.434. The lowest BCUT2D eigenvalue weighted by Gasteiger charge is -2.28. The van der Waals surface area contributed by atoms with Crippen molar-refractivity contribution in [2.24, 2.45) is 11.7 Å². The zero-order valence-corrected chi connectivity index (χ0v) is 8.65. The first-order valence-electron chi connectivity index (χ1n) is 5.66. The topological polar surface area (TPSA) is 26.0 Å². The van der Waals surface area contributed by atoms with Gasteiger partial charge in [0.25, 0.3) is 0 Å². The van der Waals surface area contributed by atoms with Gasteiger partial charge in [-0.1, -0.05) is 43.2 Å². The van der Waals surface area contributed by atoms with Gasteiger partial charge in [-0.3, -0.25) is 0 Å². The molecule has 0 amide bonds. The van der Waals surface area contributed by atoms with Crippen LogP contribution in [0, 0.1) is 5.92 Å². The molecule has 14 heavy (non-hydrogen) atoms. The van der Waals surface area contributed by atoms with Crippen LogP contribution >= 0.6 is 0 Å². The van der Waals surface area contributed by atoms with Crippen LogP contribution in [0.1, 0.15) is 31.2 Å². The highest BCUT2D eigenvalue weighted by atomic mass is 14.7. The van der Waals surface area contributed by atoms with E-state index in [1.807, 2.05) is 0 Å². The van der Waals surface area contributed by atoms with Crippen molar-refractivity contribution in [3.63, 3.8) is 0 Å². The number of nitrogens with two attached hydrogens (primary N) is 1. The van der Waals surface area contributed by atoms with Crippen molar-refractivity contribution < 1.29 is 0 Å². The summed E-state index contributed by atoms with van der Waals surface area (Å²) in [6.07, 6.45) is 6.40. The largest absolute Gasteiger partial charge is 0.327 e. The van der Waals surface area contributed by atoms with Crippen molar-refractivity contribution in [1.29, 1.82) is 0 Å². The molecule has 1 aliphatic rings. The maximum atomic E-state index is 6.13. The van der Waals surface area contributed by atoms with Gasteiger partial charge >= 0.3 is 0 Å². The SMILES string of the molecule is N[C@@H]1CCCC[C@H]1Cc1ccccc1. The molecule has 1 aromatic carbocycles. The fraction of sp³-hybridized carbons (Fsp3) is 0.538. The van der Waals surface area contributed by atoms with Crippen LogP contribution in [-0.2, 0) is 6.42 Å². The van der Waals surface area contributed by atoms with E-state index in [9.17, 15) is 0 Å². The first-order chi connectivity index (χ1) is 6.86. The fourth-order valence-electron chi connectivity index (χ4n) is 2.41. The highest BCUT2D eigenvalue weighted by molar-refractivity contribution is 5.15. The maximum absolute atomic E-state index is 6.13. The highest BCUT2D eigenvalue weighted by Crippen LogP contribution is 2.25. The molecule has 2 N–H and O–H groups in total. The van der Waals surface area contributed by atoms with Gasteiger partial charge in [0.1, 0.15) is 0 Å². The number of hydrogen-bond donors (Lipinski definition) is 1. The summed E-state index contributed by atoms with van der Waals surface area (Å²) in [5.41, 5.74) is 7.57. The summed E-state index contributed by atoms with van der Waals surface area (Å²) < 4.78 is 0. The second-order valence-electron chi connectivity index (χ2n) is 4.40. The van der Waals surface area contributed by atoms with E-state index < -0.39 is 0 Å². The molecular formula is C13H19N. The molecule has 76 valence electrons. The molecule has 2 atom stereocenters. The van der Waals surface area contributed by atoms with Crippen LogP contribution in [0.25, 0.3) is 0 Å². The number of hydrogen-bond acceptors (Lipinski definition) is 1. The van der Waals surface area contributed by atoms with Crippen molar-refractivity contribution in [2.45, 2.75) is 38.1 Å². The Morgan fingerprint density at radius 3 is 2.50 bits per heavy atom. The van der Waals surface area contributed by atoms with E-state index >= 15 is 0 Å². The molecule has 0 radical (unpaired) electrons. The molecule has 2 rings (SSSR count). The lowest BCUT2D eigenvalue weighted by molar-refractivity contribution is 0.306. The minimum atomic E-state index is 0.434. The summed E-state index contributed by atoms with van der Waals surface area (Å²) in [6.45, 7) is 0. The smallest absolute Gasteiger partial charge is 0.00703 e. The average molecular weight is 189 g/mol. The molecule has 1 aliphatic carbocycles. The number of rotatable bonds is 2. The van der Waals surface area contributed by atoms with E-state index in [0.29, 0.717) is 12.0 Å². The zero-order valence-electron chi connectivity index (χ0n) is 8.65. The third-order valence-corrected chi connectivity index (χ3v) is 3.31. The maximum Gasteiger partial charge on any atom is 0.00703 e. The Balaban J connectivity index is 1.96. The molecule has 1 nitrogen and oxygen atoms in total. The third-order valence-electron chi connectivity index (χ3n) is 3.31. The van der Waals surface area contributed by atoms with Gasteiger partial charge in [0.05, 0.1) is 0 Å². The van der Waals surface area contributed by atoms with Crippen molar-refractivity contribution in [2.75, 3.05) is 0 Å². The van der Waals surface area contributed by atoms with Gasteiger partial charge in [-0.2, -0.15) is 0 Å². The quantitative estimate of drug-likeness (QED) is 0.760. The summed E-state index contributed by atoms with van der Waals surface area (Å²) in [7, 11) is 0. The van der Waals surface area contributed by atoms with Gasteiger partial charge in [-0.05, 0) is 30.7 Å². The molecule has 1 aromatic rings. The second kappa shape index (κ2) is 4.61. The summed E-state index contributed by atoms with van der Waals surface area (Å²) in [5.74, 6) is 0.714. The highest BCUT2D eigenvalue weighted by Gasteiger charge is 2.21. The normalized spacial score (nSPS) is 27.5. The molecule has 1 saturated carbocycles. The lowest BCUT2D eigenvalue weighted by atomic mass is 9.81. The Morgan fingerprint density at radius 2 is 1.79 bits per heavy atom. The monoisotopic (exact) mass is 189 g/mol. The first-order valence-corrected chi connectivity index (χ1v) is 5.66. The third kappa shape index (κ3) is 2.36. The zero-order chi connectivity index (χ0) is 9.80. The van der Waals surface area contributed by atoms with E-state index in [1.165, 1.54) is 37.7 Å². The molecule has 0 bridgehead atoms. The van der Waals surface area contributed by atoms with Crippen LogP contribution in [0.5, 0.6) is 0 Å². The molecule has 0 unspecified atom stereocenters. The Kier molecular flexibility index (Phi) is 3.20. The lowest BCUT2D eigenvalue weighted by Crippen LogP contribution is -2.34. The standard InChI is InChI=1S/C13H19N/c14-13-9-5-4-8-12(13)10-11-6-2-1-3-7-11/h1-3,6-7,12-13H,4-5,8-10,14H2/t12-,13+/m0/s1.